The molecule has 0 aliphatic carbocycles. The first-order chi connectivity index (χ1) is 9.44. The summed E-state index contributed by atoms with van der Waals surface area (Å²) in [5, 5.41) is 10.8. The minimum atomic E-state index is -0.333. The van der Waals surface area contributed by atoms with Gasteiger partial charge in [-0.1, -0.05) is 5.21 Å². The molecule has 0 aliphatic rings. The first-order valence-corrected chi connectivity index (χ1v) is 6.47. The third kappa shape index (κ3) is 4.11. The van der Waals surface area contributed by atoms with Crippen LogP contribution < -0.4 is 15.8 Å². The highest BCUT2D eigenvalue weighted by molar-refractivity contribution is 5.53. The van der Waals surface area contributed by atoms with E-state index in [0.717, 1.165) is 5.82 Å². The maximum Gasteiger partial charge on any atom is 0.239 e. The molecule has 3 N–H and O–H groups in total. The average molecular weight is 276 g/mol. The van der Waals surface area contributed by atoms with Crippen LogP contribution in [0.2, 0.25) is 0 Å². The smallest absolute Gasteiger partial charge is 0.239 e. The van der Waals surface area contributed by atoms with Crippen molar-refractivity contribution in [3.05, 3.63) is 24.5 Å². The number of ether oxygens (including phenoxy) is 1. The highest BCUT2D eigenvalue weighted by atomic mass is 16.5. The average Bonchev–Trinajstić information content (AvgIpc) is 2.84. The molecule has 0 spiro atoms. The van der Waals surface area contributed by atoms with Crippen LogP contribution in [0.25, 0.3) is 0 Å². The summed E-state index contributed by atoms with van der Waals surface area (Å²) >= 11 is 0. The summed E-state index contributed by atoms with van der Waals surface area (Å²) in [4.78, 5) is 4.37. The van der Waals surface area contributed by atoms with Gasteiger partial charge in [-0.05, 0) is 32.9 Å². The van der Waals surface area contributed by atoms with E-state index in [9.17, 15) is 0 Å². The van der Waals surface area contributed by atoms with E-state index in [-0.39, 0.29) is 5.60 Å². The van der Waals surface area contributed by atoms with Crippen molar-refractivity contribution in [1.29, 1.82) is 0 Å². The Bertz CT molecular complexity index is 546. The first-order valence-electron chi connectivity index (χ1n) is 6.47. The number of rotatable bonds is 5. The molecule has 0 aromatic carbocycles. The monoisotopic (exact) mass is 276 g/mol. The van der Waals surface area contributed by atoms with Gasteiger partial charge >= 0.3 is 0 Å². The Morgan fingerprint density at radius 1 is 1.35 bits per heavy atom. The zero-order valence-electron chi connectivity index (χ0n) is 12.0. The van der Waals surface area contributed by atoms with Crippen molar-refractivity contribution in [1.82, 2.24) is 20.0 Å². The fraction of sp³-hybridized carbons (Fsp3) is 0.462. The van der Waals surface area contributed by atoms with Crippen molar-refractivity contribution >= 4 is 11.5 Å². The quantitative estimate of drug-likeness (QED) is 0.861. The summed E-state index contributed by atoms with van der Waals surface area (Å²) in [6, 6.07) is 3.61. The van der Waals surface area contributed by atoms with Crippen LogP contribution in [-0.2, 0) is 6.54 Å². The topological polar surface area (TPSA) is 90.9 Å². The third-order valence-corrected chi connectivity index (χ3v) is 2.41. The molecule has 0 saturated heterocycles. The number of nitrogen functional groups attached to an aromatic ring is 1. The molecule has 7 nitrogen and oxygen atoms in total. The second-order valence-corrected chi connectivity index (χ2v) is 5.40. The number of nitrogens with two attached hydrogens (primary N) is 1. The van der Waals surface area contributed by atoms with Gasteiger partial charge in [0.1, 0.15) is 11.4 Å². The second kappa shape index (κ2) is 5.77. The van der Waals surface area contributed by atoms with Crippen LogP contribution in [0.5, 0.6) is 5.88 Å². The first kappa shape index (κ1) is 14.1. The van der Waals surface area contributed by atoms with Crippen LogP contribution in [0.15, 0.2) is 24.5 Å². The predicted octanol–water partition coefficient (Wildman–Crippen LogP) is 1.54. The predicted molar refractivity (Wildman–Crippen MR) is 77.5 cm³/mol. The van der Waals surface area contributed by atoms with Gasteiger partial charge in [0.25, 0.3) is 0 Å². The lowest BCUT2D eigenvalue weighted by molar-refractivity contribution is 0.125. The molecule has 108 valence electrons. The minimum absolute atomic E-state index is 0.333. The van der Waals surface area contributed by atoms with Crippen LogP contribution >= 0.6 is 0 Å². The maximum atomic E-state index is 5.86. The Morgan fingerprint density at radius 3 is 2.80 bits per heavy atom. The Hall–Kier alpha value is -2.31. The van der Waals surface area contributed by atoms with Gasteiger partial charge in [-0.15, -0.1) is 5.10 Å². The molecule has 0 saturated carbocycles. The summed E-state index contributed by atoms with van der Waals surface area (Å²) in [5.74, 6) is 1.17. The lowest BCUT2D eigenvalue weighted by Gasteiger charge is -2.21. The summed E-state index contributed by atoms with van der Waals surface area (Å²) in [6.45, 7) is 7.27. The molecule has 2 aromatic heterocycles. The number of hydrogen-bond acceptors (Lipinski definition) is 6. The van der Waals surface area contributed by atoms with Gasteiger partial charge < -0.3 is 15.8 Å². The molecular formula is C13H20N6O. The Morgan fingerprint density at radius 2 is 2.15 bits per heavy atom. The lowest BCUT2D eigenvalue weighted by atomic mass is 10.2. The second-order valence-electron chi connectivity index (χ2n) is 5.40. The van der Waals surface area contributed by atoms with E-state index in [4.69, 9.17) is 10.5 Å². The van der Waals surface area contributed by atoms with Crippen molar-refractivity contribution < 1.29 is 4.74 Å². The molecule has 2 heterocycles. The van der Waals surface area contributed by atoms with Crippen LogP contribution in [0, 0.1) is 0 Å². The Balaban J connectivity index is 1.96. The van der Waals surface area contributed by atoms with Gasteiger partial charge in [-0.25, -0.2) is 0 Å². The summed E-state index contributed by atoms with van der Waals surface area (Å²) in [5.41, 5.74) is 6.06. The molecule has 0 radical (unpaired) electrons. The number of anilines is 2. The normalized spacial score (nSPS) is 11.3. The number of aromatic nitrogens is 4. The molecular weight excluding hydrogens is 256 g/mol. The molecule has 0 fully saturated rings. The summed E-state index contributed by atoms with van der Waals surface area (Å²) in [6.07, 6.45) is 3.46. The zero-order valence-corrected chi connectivity index (χ0v) is 12.0. The fourth-order valence-electron chi connectivity index (χ4n) is 1.57. The number of nitrogens with one attached hydrogen (secondary N) is 1. The van der Waals surface area contributed by atoms with Gasteiger partial charge in [-0.3, -0.25) is 4.68 Å². The maximum absolute atomic E-state index is 5.86. The van der Waals surface area contributed by atoms with Crippen molar-refractivity contribution in [2.45, 2.75) is 32.9 Å². The van der Waals surface area contributed by atoms with Crippen molar-refractivity contribution in [2.24, 2.45) is 0 Å². The van der Waals surface area contributed by atoms with Gasteiger partial charge in [0.15, 0.2) is 0 Å². The van der Waals surface area contributed by atoms with Crippen LogP contribution in [0.1, 0.15) is 20.8 Å². The summed E-state index contributed by atoms with van der Waals surface area (Å²) < 4.78 is 7.47. The standard InChI is InChI=1S/C13H20N6O/c1-13(2,3)20-12-10(14)4-5-11(17-12)15-6-8-19-9-7-16-18-19/h4-5,7,9H,6,8,14H2,1-3H3,(H,15,17). The molecule has 0 amide bonds. The van der Waals surface area contributed by atoms with Gasteiger partial charge in [0.2, 0.25) is 5.88 Å². The number of hydrogen-bond donors (Lipinski definition) is 2. The fourth-order valence-corrected chi connectivity index (χ4v) is 1.57. The Kier molecular flexibility index (Phi) is 4.07. The molecule has 0 bridgehead atoms. The van der Waals surface area contributed by atoms with Crippen molar-refractivity contribution in [3.8, 4) is 5.88 Å². The number of nitrogens with zero attached hydrogens (tertiary/aromatic N) is 4. The van der Waals surface area contributed by atoms with E-state index in [0.29, 0.717) is 24.7 Å². The highest BCUT2D eigenvalue weighted by Crippen LogP contribution is 2.24. The van der Waals surface area contributed by atoms with E-state index in [1.807, 2.05) is 33.0 Å². The largest absolute Gasteiger partial charge is 0.470 e. The number of pyridine rings is 1. The van der Waals surface area contributed by atoms with E-state index >= 15 is 0 Å². The van der Waals surface area contributed by atoms with Crippen molar-refractivity contribution in [2.75, 3.05) is 17.6 Å². The lowest BCUT2D eigenvalue weighted by Crippen LogP contribution is -2.24. The minimum Gasteiger partial charge on any atom is -0.470 e. The van der Waals surface area contributed by atoms with Crippen LogP contribution in [0.4, 0.5) is 11.5 Å². The molecule has 0 aliphatic heterocycles. The Labute approximate surface area is 118 Å². The van der Waals surface area contributed by atoms with E-state index in [1.54, 1.807) is 16.9 Å². The molecule has 0 unspecified atom stereocenters. The highest BCUT2D eigenvalue weighted by Gasteiger charge is 2.15. The van der Waals surface area contributed by atoms with E-state index in [1.165, 1.54) is 0 Å². The molecule has 2 aromatic rings. The van der Waals surface area contributed by atoms with E-state index in [2.05, 4.69) is 20.6 Å². The van der Waals surface area contributed by atoms with Gasteiger partial charge in [0, 0.05) is 12.7 Å². The van der Waals surface area contributed by atoms with E-state index < -0.39 is 0 Å². The zero-order chi connectivity index (χ0) is 14.6. The van der Waals surface area contributed by atoms with Crippen LogP contribution in [-0.4, -0.2) is 32.1 Å². The third-order valence-electron chi connectivity index (χ3n) is 2.41. The SMILES string of the molecule is CC(C)(C)Oc1nc(NCCn2ccnn2)ccc1N. The summed E-state index contributed by atoms with van der Waals surface area (Å²) in [7, 11) is 0. The molecule has 0 atom stereocenters. The molecule has 7 heteroatoms. The van der Waals surface area contributed by atoms with Crippen LogP contribution in [0.3, 0.4) is 0 Å². The molecule has 2 rings (SSSR count). The van der Waals surface area contributed by atoms with Gasteiger partial charge in [0.05, 0.1) is 18.4 Å². The van der Waals surface area contributed by atoms with Crippen molar-refractivity contribution in [3.63, 3.8) is 0 Å². The molecule has 20 heavy (non-hydrogen) atoms. The van der Waals surface area contributed by atoms with Gasteiger partial charge in [-0.2, -0.15) is 4.98 Å².